The van der Waals surface area contributed by atoms with Crippen molar-refractivity contribution in [3.63, 3.8) is 0 Å². The number of hydrogen-bond acceptors (Lipinski definition) is 4. The summed E-state index contributed by atoms with van der Waals surface area (Å²) >= 11 is 0. The Balaban J connectivity index is 2.02. The Kier molecular flexibility index (Phi) is 3.28. The average molecular weight is 217 g/mol. The molecule has 0 aromatic heterocycles. The molecule has 1 aliphatic rings. The highest BCUT2D eigenvalue weighted by Gasteiger charge is 2.13. The summed E-state index contributed by atoms with van der Waals surface area (Å²) in [6.07, 6.45) is 1.67. The molecule has 0 saturated carbocycles. The minimum atomic E-state index is 0.598. The monoisotopic (exact) mass is 217 g/mol. The maximum absolute atomic E-state index is 8.38. The first-order valence-electron chi connectivity index (χ1n) is 5.39. The molecule has 2 rings (SSSR count). The molecule has 1 fully saturated rings. The van der Waals surface area contributed by atoms with Gasteiger partial charge in [0.15, 0.2) is 0 Å². The quantitative estimate of drug-likeness (QED) is 0.700. The Morgan fingerprint density at radius 2 is 1.75 bits per heavy atom. The van der Waals surface area contributed by atoms with Crippen molar-refractivity contribution in [2.75, 3.05) is 38.1 Å². The molecule has 0 N–H and O–H groups in total. The van der Waals surface area contributed by atoms with Gasteiger partial charge in [0.1, 0.15) is 5.75 Å². The van der Waals surface area contributed by atoms with Gasteiger partial charge in [0.2, 0.25) is 0 Å². The molecule has 4 nitrogen and oxygen atoms in total. The zero-order chi connectivity index (χ0) is 11.4. The SMILES string of the molecule is CN1CCN(c2ccc(OC#N)cc2)CC1. The van der Waals surface area contributed by atoms with Crippen molar-refractivity contribution in [2.24, 2.45) is 0 Å². The topological polar surface area (TPSA) is 39.5 Å². The van der Waals surface area contributed by atoms with Gasteiger partial charge in [-0.3, -0.25) is 0 Å². The highest BCUT2D eigenvalue weighted by molar-refractivity contribution is 5.49. The number of nitriles is 1. The number of benzene rings is 1. The van der Waals surface area contributed by atoms with Gasteiger partial charge in [-0.25, -0.2) is 0 Å². The molecule has 0 amide bonds. The normalized spacial score (nSPS) is 16.9. The summed E-state index contributed by atoms with van der Waals surface area (Å²) in [5, 5.41) is 8.38. The van der Waals surface area contributed by atoms with E-state index in [2.05, 4.69) is 16.8 Å². The summed E-state index contributed by atoms with van der Waals surface area (Å²) < 4.78 is 4.74. The first kappa shape index (κ1) is 10.8. The first-order valence-corrected chi connectivity index (χ1v) is 5.39. The number of anilines is 1. The van der Waals surface area contributed by atoms with Crippen molar-refractivity contribution in [3.8, 4) is 12.0 Å². The highest BCUT2D eigenvalue weighted by atomic mass is 16.5. The third-order valence-electron chi connectivity index (χ3n) is 2.87. The third-order valence-corrected chi connectivity index (χ3v) is 2.87. The molecule has 16 heavy (non-hydrogen) atoms. The standard InChI is InChI=1S/C12H15N3O/c1-14-6-8-15(9-7-14)11-2-4-12(5-3-11)16-10-13/h2-5H,6-9H2,1H3. The van der Waals surface area contributed by atoms with Gasteiger partial charge in [-0.15, -0.1) is 5.26 Å². The molecular weight excluding hydrogens is 202 g/mol. The third kappa shape index (κ3) is 2.44. The van der Waals surface area contributed by atoms with Gasteiger partial charge >= 0.3 is 0 Å². The van der Waals surface area contributed by atoms with Crippen LogP contribution in [0.3, 0.4) is 0 Å². The van der Waals surface area contributed by atoms with Gasteiger partial charge in [-0.05, 0) is 31.3 Å². The van der Waals surface area contributed by atoms with E-state index in [9.17, 15) is 0 Å². The van der Waals surface area contributed by atoms with Crippen LogP contribution in [0.15, 0.2) is 24.3 Å². The predicted octanol–water partition coefficient (Wildman–Crippen LogP) is 1.30. The van der Waals surface area contributed by atoms with Crippen LogP contribution in [0.5, 0.6) is 5.75 Å². The number of rotatable bonds is 2. The fourth-order valence-electron chi connectivity index (χ4n) is 1.84. The lowest BCUT2D eigenvalue weighted by atomic mass is 10.2. The van der Waals surface area contributed by atoms with Crippen LogP contribution in [0.25, 0.3) is 0 Å². The van der Waals surface area contributed by atoms with E-state index in [-0.39, 0.29) is 0 Å². The molecule has 1 aromatic carbocycles. The van der Waals surface area contributed by atoms with Crippen molar-refractivity contribution in [3.05, 3.63) is 24.3 Å². The van der Waals surface area contributed by atoms with Crippen LogP contribution in [0.4, 0.5) is 5.69 Å². The summed E-state index contributed by atoms with van der Waals surface area (Å²) in [5.41, 5.74) is 1.19. The van der Waals surface area contributed by atoms with Gasteiger partial charge in [0, 0.05) is 31.9 Å². The van der Waals surface area contributed by atoms with Gasteiger partial charge < -0.3 is 14.5 Å². The molecule has 84 valence electrons. The zero-order valence-electron chi connectivity index (χ0n) is 9.39. The van der Waals surface area contributed by atoms with Crippen LogP contribution < -0.4 is 9.64 Å². The summed E-state index contributed by atoms with van der Waals surface area (Å²) in [6.45, 7) is 4.29. The predicted molar refractivity (Wildman–Crippen MR) is 62.4 cm³/mol. The second-order valence-corrected chi connectivity index (χ2v) is 3.98. The van der Waals surface area contributed by atoms with E-state index in [0.717, 1.165) is 26.2 Å². The molecule has 0 radical (unpaired) electrons. The molecule has 0 spiro atoms. The van der Waals surface area contributed by atoms with Gasteiger partial charge in [-0.2, -0.15) is 0 Å². The Bertz CT molecular complexity index is 374. The van der Waals surface area contributed by atoms with Crippen molar-refractivity contribution in [2.45, 2.75) is 0 Å². The number of hydrogen-bond donors (Lipinski definition) is 0. The maximum atomic E-state index is 8.38. The number of likely N-dealkylation sites (N-methyl/N-ethyl adjacent to an activating group) is 1. The molecule has 0 atom stereocenters. The number of nitrogens with zero attached hydrogens (tertiary/aromatic N) is 3. The number of ether oxygens (including phenoxy) is 1. The molecule has 1 aromatic rings. The van der Waals surface area contributed by atoms with Crippen LogP contribution in [-0.2, 0) is 0 Å². The Morgan fingerprint density at radius 1 is 1.12 bits per heavy atom. The van der Waals surface area contributed by atoms with E-state index < -0.39 is 0 Å². The summed E-state index contributed by atoms with van der Waals surface area (Å²) in [7, 11) is 2.14. The minimum Gasteiger partial charge on any atom is -0.388 e. The van der Waals surface area contributed by atoms with Crippen LogP contribution in [-0.4, -0.2) is 38.1 Å². The average Bonchev–Trinajstić information content (AvgIpc) is 2.32. The molecular formula is C12H15N3O. The summed E-state index contributed by atoms with van der Waals surface area (Å²) in [5.74, 6) is 0.598. The van der Waals surface area contributed by atoms with Crippen molar-refractivity contribution >= 4 is 5.69 Å². The van der Waals surface area contributed by atoms with E-state index in [1.165, 1.54) is 5.69 Å². The molecule has 1 saturated heterocycles. The Morgan fingerprint density at radius 3 is 2.31 bits per heavy atom. The maximum Gasteiger partial charge on any atom is 0.292 e. The fourth-order valence-corrected chi connectivity index (χ4v) is 1.84. The fraction of sp³-hybridized carbons (Fsp3) is 0.417. The molecule has 1 aliphatic heterocycles. The lowest BCUT2D eigenvalue weighted by Gasteiger charge is -2.34. The lowest BCUT2D eigenvalue weighted by Crippen LogP contribution is -2.44. The van der Waals surface area contributed by atoms with Gasteiger partial charge in [0.25, 0.3) is 6.26 Å². The minimum absolute atomic E-state index is 0.598. The first-order chi connectivity index (χ1) is 7.79. The zero-order valence-corrected chi connectivity index (χ0v) is 9.39. The van der Waals surface area contributed by atoms with Crippen LogP contribution in [0.2, 0.25) is 0 Å². The molecule has 4 heteroatoms. The van der Waals surface area contributed by atoms with E-state index in [1.54, 1.807) is 6.26 Å². The van der Waals surface area contributed by atoms with Crippen molar-refractivity contribution < 1.29 is 4.74 Å². The summed E-state index contributed by atoms with van der Waals surface area (Å²) in [6, 6.07) is 7.66. The molecule has 0 bridgehead atoms. The smallest absolute Gasteiger partial charge is 0.292 e. The second-order valence-electron chi connectivity index (χ2n) is 3.98. The van der Waals surface area contributed by atoms with Crippen LogP contribution in [0.1, 0.15) is 0 Å². The Hall–Kier alpha value is -1.73. The number of piperazine rings is 1. The van der Waals surface area contributed by atoms with Crippen molar-refractivity contribution in [1.82, 2.24) is 4.90 Å². The molecule has 0 aliphatic carbocycles. The molecule has 1 heterocycles. The largest absolute Gasteiger partial charge is 0.388 e. The van der Waals surface area contributed by atoms with Gasteiger partial charge in [0.05, 0.1) is 0 Å². The lowest BCUT2D eigenvalue weighted by molar-refractivity contribution is 0.313. The van der Waals surface area contributed by atoms with Crippen LogP contribution in [0, 0.1) is 11.5 Å². The van der Waals surface area contributed by atoms with Gasteiger partial charge in [-0.1, -0.05) is 0 Å². The van der Waals surface area contributed by atoms with E-state index in [0.29, 0.717) is 5.75 Å². The second kappa shape index (κ2) is 4.86. The Labute approximate surface area is 95.6 Å². The summed E-state index contributed by atoms with van der Waals surface area (Å²) in [4.78, 5) is 4.67. The van der Waals surface area contributed by atoms with E-state index in [4.69, 9.17) is 10.00 Å². The van der Waals surface area contributed by atoms with E-state index in [1.807, 2.05) is 24.3 Å². The molecule has 0 unspecified atom stereocenters. The van der Waals surface area contributed by atoms with Crippen molar-refractivity contribution in [1.29, 1.82) is 5.26 Å². The highest BCUT2D eigenvalue weighted by Crippen LogP contribution is 2.20. The van der Waals surface area contributed by atoms with Crippen LogP contribution >= 0.6 is 0 Å². The van der Waals surface area contributed by atoms with E-state index >= 15 is 0 Å².